The van der Waals surface area contributed by atoms with Crippen LogP contribution in [0.15, 0.2) is 40.4 Å². The van der Waals surface area contributed by atoms with Crippen molar-refractivity contribution in [1.29, 1.82) is 0 Å². The van der Waals surface area contributed by atoms with Crippen molar-refractivity contribution in [3.05, 3.63) is 41.6 Å². The first-order chi connectivity index (χ1) is 9.83. The van der Waals surface area contributed by atoms with Gasteiger partial charge in [0.15, 0.2) is 0 Å². The minimum Gasteiger partial charge on any atom is -0.497 e. The minimum absolute atomic E-state index is 0.000111. The molecule has 112 valence electrons. The van der Waals surface area contributed by atoms with Crippen LogP contribution in [0.3, 0.4) is 0 Å². The molecule has 1 N–H and O–H groups in total. The molecular formula is C13H14N2O5S. The number of carboxylic acids is 1. The van der Waals surface area contributed by atoms with Crippen molar-refractivity contribution in [3.63, 3.8) is 0 Å². The molecule has 0 amide bonds. The lowest BCUT2D eigenvalue weighted by molar-refractivity contribution is -0.132. The van der Waals surface area contributed by atoms with Crippen LogP contribution in [-0.2, 0) is 21.5 Å². The molecule has 0 saturated heterocycles. The van der Waals surface area contributed by atoms with E-state index in [-0.39, 0.29) is 17.8 Å². The van der Waals surface area contributed by atoms with Gasteiger partial charge < -0.3 is 9.84 Å². The number of ether oxygens (including phenoxy) is 1. The molecule has 0 aromatic heterocycles. The highest BCUT2D eigenvalue weighted by Crippen LogP contribution is 2.20. The van der Waals surface area contributed by atoms with Crippen molar-refractivity contribution >= 4 is 21.9 Å². The Morgan fingerprint density at radius 1 is 1.33 bits per heavy atom. The molecule has 1 aromatic carbocycles. The molecule has 0 unspecified atom stereocenters. The summed E-state index contributed by atoms with van der Waals surface area (Å²) in [6.45, 7) is 1.35. The van der Waals surface area contributed by atoms with Crippen molar-refractivity contribution in [1.82, 2.24) is 4.31 Å². The first-order valence-electron chi connectivity index (χ1n) is 6.00. The van der Waals surface area contributed by atoms with Crippen LogP contribution in [0.2, 0.25) is 0 Å². The normalized spacial score (nSPS) is 17.0. The number of hydrogen-bond donors (Lipinski definition) is 1. The Balaban J connectivity index is 2.31. The molecule has 0 radical (unpaired) electrons. The van der Waals surface area contributed by atoms with Gasteiger partial charge in [0.05, 0.1) is 24.9 Å². The van der Waals surface area contributed by atoms with Gasteiger partial charge >= 0.3 is 16.2 Å². The van der Waals surface area contributed by atoms with E-state index < -0.39 is 16.2 Å². The van der Waals surface area contributed by atoms with Gasteiger partial charge in [-0.25, -0.2) is 4.79 Å². The Bertz CT molecular complexity index is 719. The van der Waals surface area contributed by atoms with Crippen molar-refractivity contribution in [2.75, 3.05) is 7.11 Å². The van der Waals surface area contributed by atoms with Gasteiger partial charge in [-0.05, 0) is 24.6 Å². The van der Waals surface area contributed by atoms with E-state index in [1.54, 1.807) is 24.3 Å². The number of nitrogens with zero attached hydrogens (tertiary/aromatic N) is 2. The number of carboxylic acid groups (broad SMARTS) is 1. The molecule has 1 heterocycles. The number of hydrogen-bond acceptors (Lipinski definition) is 4. The number of aliphatic carboxylic acids is 1. The predicted molar refractivity (Wildman–Crippen MR) is 76.3 cm³/mol. The lowest BCUT2D eigenvalue weighted by atomic mass is 10.2. The highest BCUT2D eigenvalue weighted by atomic mass is 32.2. The maximum atomic E-state index is 12.0. The summed E-state index contributed by atoms with van der Waals surface area (Å²) in [6.07, 6.45) is 1.09. The van der Waals surface area contributed by atoms with Gasteiger partial charge in [-0.2, -0.15) is 8.42 Å². The second-order valence-electron chi connectivity index (χ2n) is 4.40. The summed E-state index contributed by atoms with van der Waals surface area (Å²) >= 11 is 0. The number of benzene rings is 1. The zero-order valence-corrected chi connectivity index (χ0v) is 12.3. The maximum Gasteiger partial charge on any atom is 0.344 e. The molecule has 2 rings (SSSR count). The van der Waals surface area contributed by atoms with Gasteiger partial charge in [-0.3, -0.25) is 4.31 Å². The minimum atomic E-state index is -3.90. The smallest absolute Gasteiger partial charge is 0.344 e. The van der Waals surface area contributed by atoms with Crippen molar-refractivity contribution in [3.8, 4) is 5.75 Å². The molecule has 0 atom stereocenters. The summed E-state index contributed by atoms with van der Waals surface area (Å²) in [4.78, 5) is 11.1. The SMILES string of the molecule is COc1ccc(CN2C=C(C(=O)O)C(C)=NS2(=O)=O)cc1. The van der Waals surface area contributed by atoms with Crippen LogP contribution in [0.1, 0.15) is 12.5 Å². The topological polar surface area (TPSA) is 96.3 Å². The van der Waals surface area contributed by atoms with Gasteiger partial charge in [-0.1, -0.05) is 12.1 Å². The summed E-state index contributed by atoms with van der Waals surface area (Å²) < 4.78 is 33.3. The van der Waals surface area contributed by atoms with E-state index >= 15 is 0 Å². The molecule has 0 fully saturated rings. The quantitative estimate of drug-likeness (QED) is 0.901. The van der Waals surface area contributed by atoms with Crippen molar-refractivity contribution in [2.45, 2.75) is 13.5 Å². The predicted octanol–water partition coefficient (Wildman–Crippen LogP) is 1.19. The van der Waals surface area contributed by atoms with E-state index in [2.05, 4.69) is 4.40 Å². The largest absolute Gasteiger partial charge is 0.497 e. The third kappa shape index (κ3) is 3.22. The molecule has 0 spiro atoms. The fourth-order valence-electron chi connectivity index (χ4n) is 1.83. The second-order valence-corrected chi connectivity index (χ2v) is 5.94. The zero-order valence-electron chi connectivity index (χ0n) is 11.5. The Hall–Kier alpha value is -2.35. The number of carbonyl (C=O) groups is 1. The Morgan fingerprint density at radius 2 is 1.95 bits per heavy atom. The Kier molecular flexibility index (Phi) is 3.99. The van der Waals surface area contributed by atoms with E-state index in [9.17, 15) is 13.2 Å². The Morgan fingerprint density at radius 3 is 2.48 bits per heavy atom. The van der Waals surface area contributed by atoms with Gasteiger partial charge in [0.1, 0.15) is 5.75 Å². The molecule has 21 heavy (non-hydrogen) atoms. The molecule has 1 aliphatic heterocycles. The fourth-order valence-corrected chi connectivity index (χ4v) is 2.93. The van der Waals surface area contributed by atoms with Crippen molar-refractivity contribution in [2.24, 2.45) is 4.40 Å². The molecule has 7 nitrogen and oxygen atoms in total. The first kappa shape index (κ1) is 15.0. The van der Waals surface area contributed by atoms with Gasteiger partial charge in [0.2, 0.25) is 0 Å². The summed E-state index contributed by atoms with van der Waals surface area (Å²) in [5.41, 5.74) is 0.516. The lowest BCUT2D eigenvalue weighted by Crippen LogP contribution is -2.31. The van der Waals surface area contributed by atoms with Crippen LogP contribution in [0, 0.1) is 0 Å². The summed E-state index contributed by atoms with van der Waals surface area (Å²) in [5, 5.41) is 9.04. The third-order valence-corrected chi connectivity index (χ3v) is 4.27. The van der Waals surface area contributed by atoms with Gasteiger partial charge in [0.25, 0.3) is 0 Å². The first-order valence-corrected chi connectivity index (χ1v) is 7.40. The van der Waals surface area contributed by atoms with Crippen LogP contribution in [0.5, 0.6) is 5.75 Å². The van der Waals surface area contributed by atoms with E-state index in [1.165, 1.54) is 14.0 Å². The fraction of sp³-hybridized carbons (Fsp3) is 0.231. The maximum absolute atomic E-state index is 12.0. The molecule has 0 aliphatic carbocycles. The summed E-state index contributed by atoms with van der Waals surface area (Å²) in [5.74, 6) is -0.568. The number of rotatable bonds is 4. The van der Waals surface area contributed by atoms with Crippen LogP contribution >= 0.6 is 0 Å². The van der Waals surface area contributed by atoms with Gasteiger partial charge in [-0.15, -0.1) is 4.40 Å². The second kappa shape index (κ2) is 5.57. The monoisotopic (exact) mass is 310 g/mol. The van der Waals surface area contributed by atoms with E-state index in [4.69, 9.17) is 9.84 Å². The Labute approximate surface area is 122 Å². The summed E-state index contributed by atoms with van der Waals surface area (Å²) in [7, 11) is -2.37. The van der Waals surface area contributed by atoms with Crippen LogP contribution in [0.25, 0.3) is 0 Å². The highest BCUT2D eigenvalue weighted by Gasteiger charge is 2.27. The third-order valence-electron chi connectivity index (χ3n) is 2.94. The zero-order chi connectivity index (χ0) is 15.6. The van der Waals surface area contributed by atoms with Crippen LogP contribution in [0.4, 0.5) is 0 Å². The molecule has 8 heteroatoms. The van der Waals surface area contributed by atoms with E-state index in [0.29, 0.717) is 11.3 Å². The highest BCUT2D eigenvalue weighted by molar-refractivity contribution is 7.88. The van der Waals surface area contributed by atoms with Crippen molar-refractivity contribution < 1.29 is 23.1 Å². The van der Waals surface area contributed by atoms with E-state index in [1.807, 2.05) is 0 Å². The molecule has 1 aliphatic rings. The molecule has 0 saturated carbocycles. The average molecular weight is 310 g/mol. The molecular weight excluding hydrogens is 296 g/mol. The van der Waals surface area contributed by atoms with Gasteiger partial charge in [0, 0.05) is 6.20 Å². The van der Waals surface area contributed by atoms with E-state index in [0.717, 1.165) is 10.5 Å². The van der Waals surface area contributed by atoms with Crippen LogP contribution < -0.4 is 4.74 Å². The standard InChI is InChI=1S/C13H14N2O5S/c1-9-12(13(16)17)8-15(21(18,19)14-9)7-10-3-5-11(20-2)6-4-10/h3-6,8H,7H2,1-2H3,(H,16,17). The average Bonchev–Trinajstić information content (AvgIpc) is 2.41. The van der Waals surface area contributed by atoms with Crippen LogP contribution in [-0.4, -0.2) is 36.6 Å². The molecule has 1 aromatic rings. The lowest BCUT2D eigenvalue weighted by Gasteiger charge is -2.22. The molecule has 0 bridgehead atoms. The number of methoxy groups -OCH3 is 1. The summed E-state index contributed by atoms with van der Waals surface area (Å²) in [6, 6.07) is 6.80.